The maximum absolute atomic E-state index is 10.8. The maximum Gasteiger partial charge on any atom is 0.271 e. The zero-order valence-corrected chi connectivity index (χ0v) is 13.0. The summed E-state index contributed by atoms with van der Waals surface area (Å²) < 4.78 is 0. The highest BCUT2D eigenvalue weighted by Gasteiger charge is 2.11. The molecule has 0 spiro atoms. The Morgan fingerprint density at radius 1 is 1.23 bits per heavy atom. The topological polar surface area (TPSA) is 87.4 Å². The maximum atomic E-state index is 10.8. The number of hydrogen-bond acceptors (Lipinski definition) is 4. The summed E-state index contributed by atoms with van der Waals surface area (Å²) in [4.78, 5) is 10.2. The highest BCUT2D eigenvalue weighted by Crippen LogP contribution is 2.28. The highest BCUT2D eigenvalue weighted by atomic mass is 35.5. The molecule has 0 saturated heterocycles. The Balaban J connectivity index is 2.15. The molecule has 114 valence electrons. The van der Waals surface area contributed by atoms with Crippen LogP contribution in [0.3, 0.4) is 0 Å². The molecule has 0 fully saturated rings. The van der Waals surface area contributed by atoms with Crippen LogP contribution >= 0.6 is 23.8 Å². The summed E-state index contributed by atoms with van der Waals surface area (Å²) in [7, 11) is 0. The molecule has 0 bridgehead atoms. The normalized spacial score (nSPS) is 10.1. The molecule has 2 aromatic rings. The predicted molar refractivity (Wildman–Crippen MR) is 90.8 cm³/mol. The van der Waals surface area contributed by atoms with E-state index >= 15 is 0 Å². The van der Waals surface area contributed by atoms with Crippen molar-refractivity contribution in [1.82, 2.24) is 0 Å². The first-order chi connectivity index (χ1) is 10.4. The number of aryl methyl sites for hydroxylation is 1. The molecule has 6 nitrogen and oxygen atoms in total. The third kappa shape index (κ3) is 3.84. The van der Waals surface area contributed by atoms with Gasteiger partial charge in [0.05, 0.1) is 21.3 Å². The smallest absolute Gasteiger partial charge is 0.271 e. The molecule has 0 aliphatic rings. The van der Waals surface area contributed by atoms with Gasteiger partial charge in [0.2, 0.25) is 0 Å². The minimum absolute atomic E-state index is 0.0503. The Morgan fingerprint density at radius 3 is 2.55 bits per heavy atom. The van der Waals surface area contributed by atoms with Crippen molar-refractivity contribution in [2.24, 2.45) is 0 Å². The van der Waals surface area contributed by atoms with Gasteiger partial charge in [0.1, 0.15) is 5.75 Å². The average molecular weight is 338 g/mol. The predicted octanol–water partition coefficient (Wildman–Crippen LogP) is 4.07. The van der Waals surface area contributed by atoms with Gasteiger partial charge < -0.3 is 15.7 Å². The Hall–Kier alpha value is -2.38. The lowest BCUT2D eigenvalue weighted by Crippen LogP contribution is -2.19. The zero-order chi connectivity index (χ0) is 16.3. The van der Waals surface area contributed by atoms with Crippen LogP contribution in [0.15, 0.2) is 36.4 Å². The Bertz CT molecular complexity index is 752. The monoisotopic (exact) mass is 337 g/mol. The fourth-order valence-electron chi connectivity index (χ4n) is 1.75. The fraction of sp³-hybridized carbons (Fsp3) is 0.0714. The number of aromatic hydroxyl groups is 1. The molecule has 0 atom stereocenters. The first kappa shape index (κ1) is 16.0. The quantitative estimate of drug-likeness (QED) is 0.338. The van der Waals surface area contributed by atoms with Gasteiger partial charge in [-0.1, -0.05) is 17.7 Å². The molecule has 0 radical (unpaired) electrons. The summed E-state index contributed by atoms with van der Waals surface area (Å²) in [5.74, 6) is 0.0503. The molecule has 22 heavy (non-hydrogen) atoms. The van der Waals surface area contributed by atoms with Crippen LogP contribution in [0.4, 0.5) is 17.1 Å². The fourth-order valence-corrected chi connectivity index (χ4v) is 2.13. The van der Waals surface area contributed by atoms with Crippen LogP contribution in [-0.2, 0) is 0 Å². The summed E-state index contributed by atoms with van der Waals surface area (Å²) in [6.07, 6.45) is 0. The van der Waals surface area contributed by atoms with Crippen LogP contribution < -0.4 is 10.6 Å². The largest absolute Gasteiger partial charge is 0.506 e. The molecule has 0 heterocycles. The molecule has 3 N–H and O–H groups in total. The van der Waals surface area contributed by atoms with Crippen molar-refractivity contribution in [2.75, 3.05) is 10.6 Å². The highest BCUT2D eigenvalue weighted by molar-refractivity contribution is 7.80. The van der Waals surface area contributed by atoms with Gasteiger partial charge in [0.15, 0.2) is 5.11 Å². The van der Waals surface area contributed by atoms with Crippen LogP contribution in [0, 0.1) is 17.0 Å². The minimum Gasteiger partial charge on any atom is -0.506 e. The molecule has 2 rings (SSSR count). The number of nitrogens with one attached hydrogen (secondary N) is 2. The van der Waals surface area contributed by atoms with Gasteiger partial charge in [-0.3, -0.25) is 10.1 Å². The van der Waals surface area contributed by atoms with Crippen molar-refractivity contribution in [2.45, 2.75) is 6.92 Å². The number of nitro groups is 1. The standard InChI is InChI=1S/C14H12ClN3O3S/c1-8-2-5-11(13(19)6-8)16-14(22)17-12-7-9(18(20)21)3-4-10(12)15/h2-7,19H,1H3,(H2,16,17,22). The number of hydrogen-bond donors (Lipinski definition) is 3. The Labute approximate surface area is 136 Å². The lowest BCUT2D eigenvalue weighted by molar-refractivity contribution is -0.384. The van der Waals surface area contributed by atoms with E-state index in [1.165, 1.54) is 18.2 Å². The van der Waals surface area contributed by atoms with Crippen LogP contribution in [0.2, 0.25) is 5.02 Å². The minimum atomic E-state index is -0.524. The van der Waals surface area contributed by atoms with Crippen LogP contribution in [0.1, 0.15) is 5.56 Å². The van der Waals surface area contributed by atoms with Crippen molar-refractivity contribution < 1.29 is 10.0 Å². The summed E-state index contributed by atoms with van der Waals surface area (Å²) in [6, 6.07) is 9.07. The lowest BCUT2D eigenvalue weighted by Gasteiger charge is -2.13. The van der Waals surface area contributed by atoms with E-state index < -0.39 is 4.92 Å². The first-order valence-corrected chi connectivity index (χ1v) is 6.97. The third-order valence-corrected chi connectivity index (χ3v) is 3.34. The van der Waals surface area contributed by atoms with E-state index in [2.05, 4.69) is 10.6 Å². The van der Waals surface area contributed by atoms with Crippen LogP contribution in [0.25, 0.3) is 0 Å². The second-order valence-corrected chi connectivity index (χ2v) is 5.34. The molecule has 0 aromatic heterocycles. The summed E-state index contributed by atoms with van der Waals surface area (Å²) >= 11 is 11.1. The molecule has 0 saturated carbocycles. The van der Waals surface area contributed by atoms with E-state index in [0.29, 0.717) is 16.4 Å². The molecule has 0 aliphatic heterocycles. The van der Waals surface area contributed by atoms with Gasteiger partial charge in [0.25, 0.3) is 5.69 Å². The molecule has 0 unspecified atom stereocenters. The first-order valence-electron chi connectivity index (χ1n) is 6.18. The van der Waals surface area contributed by atoms with Crippen molar-refractivity contribution >= 4 is 46.0 Å². The molecular weight excluding hydrogens is 326 g/mol. The zero-order valence-electron chi connectivity index (χ0n) is 11.5. The van der Waals surface area contributed by atoms with E-state index in [1.54, 1.807) is 12.1 Å². The number of rotatable bonds is 3. The van der Waals surface area contributed by atoms with Crippen LogP contribution in [0.5, 0.6) is 5.75 Å². The lowest BCUT2D eigenvalue weighted by atomic mass is 10.2. The SMILES string of the molecule is Cc1ccc(NC(=S)Nc2cc([N+](=O)[O-])ccc2Cl)c(O)c1. The Kier molecular flexibility index (Phi) is 4.79. The molecule has 0 amide bonds. The van der Waals surface area contributed by atoms with E-state index in [0.717, 1.165) is 5.56 Å². The number of non-ortho nitro benzene ring substituents is 1. The molecule has 8 heteroatoms. The van der Waals surface area contributed by atoms with Crippen molar-refractivity contribution in [3.8, 4) is 5.75 Å². The van der Waals surface area contributed by atoms with E-state index in [9.17, 15) is 15.2 Å². The number of phenolic OH excluding ortho intramolecular Hbond substituents is 1. The number of benzene rings is 2. The van der Waals surface area contributed by atoms with Gasteiger partial charge in [-0.05, 0) is 42.9 Å². The van der Waals surface area contributed by atoms with Crippen molar-refractivity contribution in [1.29, 1.82) is 0 Å². The molecular formula is C14H12ClN3O3S. The second-order valence-electron chi connectivity index (χ2n) is 4.52. The third-order valence-electron chi connectivity index (χ3n) is 2.81. The van der Waals surface area contributed by atoms with Gasteiger partial charge in [-0.2, -0.15) is 0 Å². The summed E-state index contributed by atoms with van der Waals surface area (Å²) in [5, 5.41) is 26.6. The van der Waals surface area contributed by atoms with Gasteiger partial charge >= 0.3 is 0 Å². The van der Waals surface area contributed by atoms with Gasteiger partial charge in [-0.15, -0.1) is 0 Å². The summed E-state index contributed by atoms with van der Waals surface area (Å²) in [5.41, 5.74) is 1.53. The number of nitrogens with zero attached hydrogens (tertiary/aromatic N) is 1. The average Bonchev–Trinajstić information content (AvgIpc) is 2.44. The number of anilines is 2. The second kappa shape index (κ2) is 6.59. The summed E-state index contributed by atoms with van der Waals surface area (Å²) in [6.45, 7) is 1.85. The number of phenols is 1. The van der Waals surface area contributed by atoms with E-state index in [1.807, 2.05) is 13.0 Å². The number of nitro benzene ring substituents is 1. The van der Waals surface area contributed by atoms with Crippen LogP contribution in [-0.4, -0.2) is 15.1 Å². The van der Waals surface area contributed by atoms with Gasteiger partial charge in [-0.25, -0.2) is 0 Å². The number of halogens is 1. The Morgan fingerprint density at radius 2 is 1.91 bits per heavy atom. The molecule has 0 aliphatic carbocycles. The van der Waals surface area contributed by atoms with Crippen molar-refractivity contribution in [3.63, 3.8) is 0 Å². The number of thiocarbonyl (C=S) groups is 1. The van der Waals surface area contributed by atoms with E-state index in [4.69, 9.17) is 23.8 Å². The van der Waals surface area contributed by atoms with E-state index in [-0.39, 0.29) is 16.5 Å². The van der Waals surface area contributed by atoms with Crippen molar-refractivity contribution in [3.05, 3.63) is 57.1 Å². The molecule has 2 aromatic carbocycles. The van der Waals surface area contributed by atoms with Gasteiger partial charge in [0, 0.05) is 12.1 Å².